The molecule has 1 aromatic carbocycles. The lowest BCUT2D eigenvalue weighted by Crippen LogP contribution is -2.52. The van der Waals surface area contributed by atoms with E-state index in [0.717, 1.165) is 24.4 Å². The summed E-state index contributed by atoms with van der Waals surface area (Å²) in [4.78, 5) is 14.1. The van der Waals surface area contributed by atoms with Gasteiger partial charge in [-0.2, -0.15) is 0 Å². The van der Waals surface area contributed by atoms with Crippen molar-refractivity contribution in [1.29, 1.82) is 0 Å². The maximum atomic E-state index is 12.3. The summed E-state index contributed by atoms with van der Waals surface area (Å²) in [6.07, 6.45) is 1.08. The van der Waals surface area contributed by atoms with Crippen LogP contribution in [-0.4, -0.2) is 31.6 Å². The van der Waals surface area contributed by atoms with Gasteiger partial charge in [-0.05, 0) is 30.5 Å². The number of hydrogen-bond donors (Lipinski definition) is 1. The largest absolute Gasteiger partial charge is 0.482 e. The van der Waals surface area contributed by atoms with Crippen molar-refractivity contribution in [3.8, 4) is 5.75 Å². The van der Waals surface area contributed by atoms with Crippen LogP contribution < -0.4 is 15.0 Å². The van der Waals surface area contributed by atoms with Crippen LogP contribution in [0.2, 0.25) is 0 Å². The number of amides is 1. The highest BCUT2D eigenvalue weighted by atomic mass is 16.5. The Hall–Kier alpha value is -1.55. The molecule has 1 aliphatic rings. The van der Waals surface area contributed by atoms with Crippen molar-refractivity contribution >= 4 is 11.6 Å². The van der Waals surface area contributed by atoms with Gasteiger partial charge in [0.1, 0.15) is 5.75 Å². The molecule has 0 saturated carbocycles. The molecule has 0 aliphatic carbocycles. The van der Waals surface area contributed by atoms with E-state index < -0.39 is 0 Å². The van der Waals surface area contributed by atoms with Crippen molar-refractivity contribution in [2.75, 3.05) is 24.6 Å². The van der Waals surface area contributed by atoms with E-state index in [1.165, 1.54) is 0 Å². The summed E-state index contributed by atoms with van der Waals surface area (Å²) in [6.45, 7) is 10.5. The molecule has 0 saturated heterocycles. The SMILES string of the molecule is CCCNC(CN1C(=O)COc2ccccc21)C(C)(C)C. The number of benzene rings is 1. The molecule has 0 bridgehead atoms. The molecule has 1 unspecified atom stereocenters. The Balaban J connectivity index is 2.21. The summed E-state index contributed by atoms with van der Waals surface area (Å²) >= 11 is 0. The number of fused-ring (bicyclic) bond motifs is 1. The van der Waals surface area contributed by atoms with Crippen LogP contribution in [0.5, 0.6) is 5.75 Å². The van der Waals surface area contributed by atoms with Gasteiger partial charge < -0.3 is 15.0 Å². The first kappa shape index (κ1) is 15.8. The van der Waals surface area contributed by atoms with Crippen molar-refractivity contribution in [2.45, 2.75) is 40.2 Å². The lowest BCUT2D eigenvalue weighted by atomic mass is 9.86. The maximum absolute atomic E-state index is 12.3. The molecular formula is C17H26N2O2. The number of carbonyl (C=O) groups is 1. The molecular weight excluding hydrogens is 264 g/mol. The van der Waals surface area contributed by atoms with Crippen LogP contribution in [0.1, 0.15) is 34.1 Å². The normalized spacial score (nSPS) is 16.4. The summed E-state index contributed by atoms with van der Waals surface area (Å²) in [5.41, 5.74) is 0.962. The number of anilines is 1. The Morgan fingerprint density at radius 3 is 2.71 bits per heavy atom. The molecule has 1 aromatic rings. The average Bonchev–Trinajstić information content (AvgIpc) is 2.44. The van der Waals surface area contributed by atoms with Gasteiger partial charge >= 0.3 is 0 Å². The zero-order chi connectivity index (χ0) is 15.5. The fraction of sp³-hybridized carbons (Fsp3) is 0.588. The van der Waals surface area contributed by atoms with E-state index >= 15 is 0 Å². The molecule has 1 N–H and O–H groups in total. The zero-order valence-corrected chi connectivity index (χ0v) is 13.5. The molecule has 21 heavy (non-hydrogen) atoms. The minimum atomic E-state index is 0.0289. The van der Waals surface area contributed by atoms with E-state index in [4.69, 9.17) is 4.74 Å². The topological polar surface area (TPSA) is 41.6 Å². The second-order valence-corrected chi connectivity index (χ2v) is 6.63. The molecule has 1 atom stereocenters. The van der Waals surface area contributed by atoms with E-state index in [9.17, 15) is 4.79 Å². The molecule has 0 spiro atoms. The fourth-order valence-corrected chi connectivity index (χ4v) is 2.50. The monoisotopic (exact) mass is 290 g/mol. The summed E-state index contributed by atoms with van der Waals surface area (Å²) in [7, 11) is 0. The predicted molar refractivity (Wildman–Crippen MR) is 85.8 cm³/mol. The Kier molecular flexibility index (Phi) is 4.88. The number of ether oxygens (including phenoxy) is 1. The summed E-state index contributed by atoms with van der Waals surface area (Å²) < 4.78 is 5.50. The van der Waals surface area contributed by atoms with Crippen molar-refractivity contribution in [1.82, 2.24) is 5.32 Å². The minimum Gasteiger partial charge on any atom is -0.482 e. The second kappa shape index (κ2) is 6.48. The highest BCUT2D eigenvalue weighted by molar-refractivity contribution is 5.97. The minimum absolute atomic E-state index is 0.0289. The van der Waals surface area contributed by atoms with Crippen LogP contribution >= 0.6 is 0 Å². The standard InChI is InChI=1S/C17H26N2O2/c1-5-10-18-15(17(2,3)4)11-19-13-8-6-7-9-14(13)21-12-16(19)20/h6-9,15,18H,5,10-12H2,1-4H3. The second-order valence-electron chi connectivity index (χ2n) is 6.63. The molecule has 0 radical (unpaired) electrons. The molecule has 1 amide bonds. The van der Waals surface area contributed by atoms with Crippen molar-refractivity contribution < 1.29 is 9.53 Å². The Bertz CT molecular complexity index is 494. The lowest BCUT2D eigenvalue weighted by molar-refractivity contribution is -0.121. The zero-order valence-electron chi connectivity index (χ0n) is 13.5. The molecule has 1 aliphatic heterocycles. The fourth-order valence-electron chi connectivity index (χ4n) is 2.50. The lowest BCUT2D eigenvalue weighted by Gasteiger charge is -2.38. The smallest absolute Gasteiger partial charge is 0.265 e. The van der Waals surface area contributed by atoms with Crippen molar-refractivity contribution in [3.63, 3.8) is 0 Å². The molecule has 2 rings (SSSR count). The summed E-state index contributed by atoms with van der Waals surface area (Å²) in [5.74, 6) is 0.821. The molecule has 4 nitrogen and oxygen atoms in total. The van der Waals surface area contributed by atoms with Gasteiger partial charge in [-0.25, -0.2) is 0 Å². The number of nitrogens with one attached hydrogen (secondary N) is 1. The van der Waals surface area contributed by atoms with Crippen molar-refractivity contribution in [3.05, 3.63) is 24.3 Å². The van der Waals surface area contributed by atoms with E-state index in [0.29, 0.717) is 6.54 Å². The van der Waals surface area contributed by atoms with E-state index in [1.807, 2.05) is 29.2 Å². The third-order valence-electron chi connectivity index (χ3n) is 3.86. The molecule has 1 heterocycles. The van der Waals surface area contributed by atoms with E-state index in [1.54, 1.807) is 0 Å². The first-order valence-corrected chi connectivity index (χ1v) is 7.69. The molecule has 4 heteroatoms. The van der Waals surface area contributed by atoms with E-state index in [-0.39, 0.29) is 24.0 Å². The van der Waals surface area contributed by atoms with Gasteiger partial charge in [-0.15, -0.1) is 0 Å². The number of nitrogens with zero attached hydrogens (tertiary/aromatic N) is 1. The number of para-hydroxylation sites is 2. The average molecular weight is 290 g/mol. The van der Waals surface area contributed by atoms with Crippen LogP contribution in [0.4, 0.5) is 5.69 Å². The molecule has 0 fully saturated rings. The molecule has 0 aromatic heterocycles. The van der Waals surface area contributed by atoms with Gasteiger partial charge in [0, 0.05) is 12.6 Å². The van der Waals surface area contributed by atoms with Gasteiger partial charge in [0.05, 0.1) is 5.69 Å². The first-order chi connectivity index (χ1) is 9.93. The van der Waals surface area contributed by atoms with E-state index in [2.05, 4.69) is 33.0 Å². The Labute approximate surface area is 127 Å². The van der Waals surface area contributed by atoms with Crippen LogP contribution in [0.3, 0.4) is 0 Å². The highest BCUT2D eigenvalue weighted by Gasteiger charge is 2.32. The third-order valence-corrected chi connectivity index (χ3v) is 3.86. The Morgan fingerprint density at radius 1 is 1.33 bits per heavy atom. The number of carbonyl (C=O) groups excluding carboxylic acids is 1. The quantitative estimate of drug-likeness (QED) is 0.906. The maximum Gasteiger partial charge on any atom is 0.265 e. The van der Waals surface area contributed by atoms with Gasteiger partial charge in [0.15, 0.2) is 6.61 Å². The van der Waals surface area contributed by atoms with Crippen LogP contribution in [0.25, 0.3) is 0 Å². The predicted octanol–water partition coefficient (Wildman–Crippen LogP) is 2.83. The van der Waals surface area contributed by atoms with Gasteiger partial charge in [0.25, 0.3) is 5.91 Å². The van der Waals surface area contributed by atoms with Crippen LogP contribution in [0, 0.1) is 5.41 Å². The van der Waals surface area contributed by atoms with Gasteiger partial charge in [-0.3, -0.25) is 4.79 Å². The van der Waals surface area contributed by atoms with Crippen molar-refractivity contribution in [2.24, 2.45) is 5.41 Å². The van der Waals surface area contributed by atoms with Crippen LogP contribution in [0.15, 0.2) is 24.3 Å². The summed E-state index contributed by atoms with van der Waals surface area (Å²) in [6, 6.07) is 7.99. The first-order valence-electron chi connectivity index (χ1n) is 7.69. The third kappa shape index (κ3) is 3.76. The Morgan fingerprint density at radius 2 is 2.05 bits per heavy atom. The number of rotatable bonds is 5. The number of hydrogen-bond acceptors (Lipinski definition) is 3. The van der Waals surface area contributed by atoms with Crippen LogP contribution in [-0.2, 0) is 4.79 Å². The molecule has 116 valence electrons. The highest BCUT2D eigenvalue weighted by Crippen LogP contribution is 2.33. The van der Waals surface area contributed by atoms with Gasteiger partial charge in [0.2, 0.25) is 0 Å². The summed E-state index contributed by atoms with van der Waals surface area (Å²) in [5, 5.41) is 3.57. The van der Waals surface area contributed by atoms with Gasteiger partial charge in [-0.1, -0.05) is 39.8 Å².